The van der Waals surface area contributed by atoms with Gasteiger partial charge in [-0.2, -0.15) is 0 Å². The summed E-state index contributed by atoms with van der Waals surface area (Å²) in [4.78, 5) is 72.6. The average Bonchev–Trinajstić information content (AvgIpc) is 3.86. The van der Waals surface area contributed by atoms with Crippen molar-refractivity contribution in [2.24, 2.45) is 5.92 Å². The summed E-state index contributed by atoms with van der Waals surface area (Å²) in [6, 6.07) is 12.6. The van der Waals surface area contributed by atoms with Gasteiger partial charge in [0, 0.05) is 24.6 Å². The highest BCUT2D eigenvalue weighted by molar-refractivity contribution is 6.09. The van der Waals surface area contributed by atoms with Crippen molar-refractivity contribution >= 4 is 53.6 Å². The predicted molar refractivity (Wildman–Crippen MR) is 184 cm³/mol. The van der Waals surface area contributed by atoms with E-state index >= 15 is 0 Å². The third-order valence-electron chi connectivity index (χ3n) is 8.75. The number of rotatable bonds is 13. The van der Waals surface area contributed by atoms with Crippen LogP contribution in [0.2, 0.25) is 0 Å². The molecule has 14 heteroatoms. The summed E-state index contributed by atoms with van der Waals surface area (Å²) in [5.74, 6) is -1.72. The lowest BCUT2D eigenvalue weighted by Crippen LogP contribution is -2.51. The number of hydrogen-bond acceptors (Lipinski definition) is 7. The number of para-hydroxylation sites is 1. The highest BCUT2D eigenvalue weighted by Crippen LogP contribution is 2.39. The summed E-state index contributed by atoms with van der Waals surface area (Å²) in [6.07, 6.45) is 4.65. The molecule has 1 saturated heterocycles. The minimum Gasteiger partial charge on any atom is -0.495 e. The van der Waals surface area contributed by atoms with Gasteiger partial charge in [0.25, 0.3) is 5.91 Å². The van der Waals surface area contributed by atoms with E-state index in [0.717, 1.165) is 23.3 Å². The second-order valence-corrected chi connectivity index (χ2v) is 12.7. The van der Waals surface area contributed by atoms with Gasteiger partial charge in [-0.15, -0.1) is 12.4 Å². The first kappa shape index (κ1) is 36.7. The van der Waals surface area contributed by atoms with Gasteiger partial charge in [-0.25, -0.2) is 14.5 Å². The molecule has 0 spiro atoms. The minimum atomic E-state index is -1.29. The first-order valence-corrected chi connectivity index (χ1v) is 15.8. The standard InChI is InChI=1S/C35H40N6O7.ClH/c1-21-8-5-6-10-25(21)38-33(46)39-26-14-13-23(17-29(26)48-4)20-40-34(47)41(32(45)35(40,2)3)28(16-22-11-12-22)31(44)37-27(18-30(42)43)24-9-7-15-36-19-24;/h5-10,13-15,17,19,22,27-28H,11-12,16,18,20H2,1-4H3,(H,37,44)(H,42,43)(H2,38,39,46);1H/t27?,28-;/m0./s1. The minimum absolute atomic E-state index is 0. The number of urea groups is 2. The molecule has 2 aliphatic rings. The summed E-state index contributed by atoms with van der Waals surface area (Å²) in [5.41, 5.74) is 1.82. The molecule has 2 aromatic carbocycles. The molecule has 1 unspecified atom stereocenters. The number of ether oxygens (including phenoxy) is 1. The van der Waals surface area contributed by atoms with Crippen LogP contribution in [0.15, 0.2) is 67.0 Å². The van der Waals surface area contributed by atoms with Gasteiger partial charge in [0.05, 0.1) is 25.3 Å². The molecule has 13 nitrogen and oxygen atoms in total. The molecule has 2 heterocycles. The molecule has 2 atom stereocenters. The second kappa shape index (κ2) is 15.4. The van der Waals surface area contributed by atoms with Crippen molar-refractivity contribution in [1.29, 1.82) is 0 Å². The van der Waals surface area contributed by atoms with Crippen molar-refractivity contribution in [1.82, 2.24) is 20.1 Å². The number of halogens is 1. The van der Waals surface area contributed by atoms with Gasteiger partial charge < -0.3 is 30.7 Å². The van der Waals surface area contributed by atoms with E-state index in [1.54, 1.807) is 56.4 Å². The van der Waals surface area contributed by atoms with Crippen molar-refractivity contribution in [3.05, 3.63) is 83.7 Å². The van der Waals surface area contributed by atoms with Crippen LogP contribution in [0.3, 0.4) is 0 Å². The summed E-state index contributed by atoms with van der Waals surface area (Å²) in [6.45, 7) is 5.17. The molecule has 0 radical (unpaired) electrons. The lowest BCUT2D eigenvalue weighted by molar-refractivity contribution is -0.140. The number of imide groups is 1. The summed E-state index contributed by atoms with van der Waals surface area (Å²) < 4.78 is 5.55. The molecule has 4 N–H and O–H groups in total. The number of amides is 6. The highest BCUT2D eigenvalue weighted by Gasteiger charge is 2.55. The zero-order chi connectivity index (χ0) is 34.6. The molecule has 1 aromatic heterocycles. The van der Waals surface area contributed by atoms with Gasteiger partial charge in [0.1, 0.15) is 17.3 Å². The third kappa shape index (κ3) is 8.47. The maximum Gasteiger partial charge on any atom is 0.328 e. The number of anilines is 2. The Morgan fingerprint density at radius 2 is 1.76 bits per heavy atom. The Kier molecular flexibility index (Phi) is 11.5. The number of pyridine rings is 1. The summed E-state index contributed by atoms with van der Waals surface area (Å²) in [7, 11) is 1.46. The number of carbonyl (C=O) groups is 5. The van der Waals surface area contributed by atoms with Crippen LogP contribution >= 0.6 is 12.4 Å². The molecule has 1 saturated carbocycles. The van der Waals surface area contributed by atoms with Crippen molar-refractivity contribution in [3.8, 4) is 5.75 Å². The van der Waals surface area contributed by atoms with E-state index in [1.165, 1.54) is 18.2 Å². The number of aryl methyl sites for hydroxylation is 1. The van der Waals surface area contributed by atoms with Gasteiger partial charge in [-0.05, 0) is 74.1 Å². The number of carbonyl (C=O) groups excluding carboxylic acids is 4. The van der Waals surface area contributed by atoms with Gasteiger partial charge in [-0.3, -0.25) is 19.4 Å². The normalized spacial score (nSPS) is 16.3. The Balaban J connectivity index is 0.00000541. The van der Waals surface area contributed by atoms with E-state index in [0.29, 0.717) is 28.3 Å². The molecule has 260 valence electrons. The van der Waals surface area contributed by atoms with Gasteiger partial charge >= 0.3 is 18.0 Å². The van der Waals surface area contributed by atoms with Crippen LogP contribution in [0.5, 0.6) is 5.75 Å². The van der Waals surface area contributed by atoms with Crippen molar-refractivity contribution in [3.63, 3.8) is 0 Å². The molecule has 2 fully saturated rings. The molecule has 49 heavy (non-hydrogen) atoms. The van der Waals surface area contributed by atoms with Gasteiger partial charge in [0.2, 0.25) is 5.91 Å². The molecule has 5 rings (SSSR count). The van der Waals surface area contributed by atoms with Crippen molar-refractivity contribution in [2.75, 3.05) is 17.7 Å². The fourth-order valence-corrected chi connectivity index (χ4v) is 5.79. The highest BCUT2D eigenvalue weighted by atomic mass is 35.5. The first-order valence-electron chi connectivity index (χ1n) is 15.8. The van der Waals surface area contributed by atoms with Crippen LogP contribution in [0.1, 0.15) is 62.3 Å². The smallest absolute Gasteiger partial charge is 0.328 e. The van der Waals surface area contributed by atoms with E-state index in [2.05, 4.69) is 20.9 Å². The Morgan fingerprint density at radius 1 is 1.04 bits per heavy atom. The van der Waals surface area contributed by atoms with Crippen LogP contribution in [0.4, 0.5) is 21.0 Å². The Labute approximate surface area is 290 Å². The number of hydrogen-bond donors (Lipinski definition) is 4. The SMILES string of the molecule is COc1cc(CN2C(=O)N([C@@H](CC3CC3)C(=O)NC(CC(=O)O)c3cccnc3)C(=O)C2(C)C)ccc1NC(=O)Nc1ccccc1C.Cl. The Bertz CT molecular complexity index is 1720. The van der Waals surface area contributed by atoms with Crippen LogP contribution in [-0.4, -0.2) is 68.4 Å². The van der Waals surface area contributed by atoms with E-state index < -0.39 is 53.9 Å². The van der Waals surface area contributed by atoms with Crippen LogP contribution in [-0.2, 0) is 20.9 Å². The van der Waals surface area contributed by atoms with E-state index in [9.17, 15) is 29.1 Å². The van der Waals surface area contributed by atoms with Gasteiger partial charge in [-0.1, -0.05) is 43.2 Å². The number of aromatic nitrogens is 1. The van der Waals surface area contributed by atoms with E-state index in [-0.39, 0.29) is 31.3 Å². The lowest BCUT2D eigenvalue weighted by atomic mass is 10.0. The lowest BCUT2D eigenvalue weighted by Gasteiger charge is -2.28. The predicted octanol–water partition coefficient (Wildman–Crippen LogP) is 5.51. The number of nitrogens with one attached hydrogen (secondary N) is 3. The van der Waals surface area contributed by atoms with E-state index in [4.69, 9.17) is 4.74 Å². The zero-order valence-corrected chi connectivity index (χ0v) is 28.6. The van der Waals surface area contributed by atoms with Gasteiger partial charge in [0.15, 0.2) is 0 Å². The quantitative estimate of drug-likeness (QED) is 0.170. The fraction of sp³-hybridized carbons (Fsp3) is 0.371. The molecular formula is C35H41ClN6O7. The van der Waals surface area contributed by atoms with Crippen LogP contribution in [0, 0.1) is 12.8 Å². The average molecular weight is 693 g/mol. The van der Waals surface area contributed by atoms with Crippen LogP contribution < -0.4 is 20.7 Å². The Morgan fingerprint density at radius 3 is 2.39 bits per heavy atom. The number of carboxylic acids is 1. The number of carboxylic acid groups (broad SMARTS) is 1. The molecule has 1 aliphatic carbocycles. The van der Waals surface area contributed by atoms with Crippen LogP contribution in [0.25, 0.3) is 0 Å². The Hall–Kier alpha value is -5.17. The molecular weight excluding hydrogens is 652 g/mol. The molecule has 6 amide bonds. The summed E-state index contributed by atoms with van der Waals surface area (Å²) in [5, 5.41) is 17.9. The topological polar surface area (TPSA) is 170 Å². The molecule has 3 aromatic rings. The second-order valence-electron chi connectivity index (χ2n) is 12.7. The molecule has 1 aliphatic heterocycles. The number of benzene rings is 2. The number of nitrogens with zero attached hydrogens (tertiary/aromatic N) is 3. The number of aliphatic carboxylic acids is 1. The largest absolute Gasteiger partial charge is 0.495 e. The third-order valence-corrected chi connectivity index (χ3v) is 8.75. The van der Waals surface area contributed by atoms with Crippen molar-refractivity contribution in [2.45, 2.75) is 70.6 Å². The zero-order valence-electron chi connectivity index (χ0n) is 27.8. The van der Waals surface area contributed by atoms with Crippen molar-refractivity contribution < 1.29 is 33.8 Å². The summed E-state index contributed by atoms with van der Waals surface area (Å²) >= 11 is 0. The number of methoxy groups -OCH3 is 1. The van der Waals surface area contributed by atoms with E-state index in [1.807, 2.05) is 25.1 Å². The molecule has 0 bridgehead atoms. The fourth-order valence-electron chi connectivity index (χ4n) is 5.79. The maximum atomic E-state index is 14.0. The first-order chi connectivity index (χ1) is 22.9. The maximum absolute atomic E-state index is 14.0. The monoisotopic (exact) mass is 692 g/mol.